The second kappa shape index (κ2) is 6.53. The first-order valence-corrected chi connectivity index (χ1v) is 7.13. The number of thioether (sulfide) groups is 1. The molecule has 2 heterocycles. The van der Waals surface area contributed by atoms with Gasteiger partial charge in [-0.2, -0.15) is 16.7 Å². The van der Waals surface area contributed by atoms with Gasteiger partial charge in [-0.3, -0.25) is 15.0 Å². The van der Waals surface area contributed by atoms with Crippen molar-refractivity contribution in [1.29, 1.82) is 0 Å². The van der Waals surface area contributed by atoms with Crippen LogP contribution < -0.4 is 11.1 Å². The van der Waals surface area contributed by atoms with Crippen LogP contribution in [0.4, 0.5) is 17.5 Å². The number of anilines is 2. The lowest BCUT2D eigenvalue weighted by Gasteiger charge is -2.26. The van der Waals surface area contributed by atoms with Crippen LogP contribution in [0.2, 0.25) is 0 Å². The van der Waals surface area contributed by atoms with Crippen LogP contribution in [0.15, 0.2) is 6.20 Å². The highest BCUT2D eigenvalue weighted by molar-refractivity contribution is 7.99. The summed E-state index contributed by atoms with van der Waals surface area (Å²) in [5.74, 6) is 2.49. The molecule has 19 heavy (non-hydrogen) atoms. The van der Waals surface area contributed by atoms with Gasteiger partial charge in [0.1, 0.15) is 6.20 Å². The van der Waals surface area contributed by atoms with Crippen molar-refractivity contribution < 1.29 is 4.92 Å². The minimum Gasteiger partial charge on any atom is -0.368 e. The van der Waals surface area contributed by atoms with Crippen LogP contribution in [0.3, 0.4) is 0 Å². The van der Waals surface area contributed by atoms with Crippen molar-refractivity contribution in [3.63, 3.8) is 0 Å². The van der Waals surface area contributed by atoms with Crippen LogP contribution in [-0.2, 0) is 0 Å². The van der Waals surface area contributed by atoms with Gasteiger partial charge in [0.2, 0.25) is 11.8 Å². The molecule has 8 nitrogen and oxygen atoms in total. The third-order valence-corrected chi connectivity index (χ3v) is 3.75. The van der Waals surface area contributed by atoms with Gasteiger partial charge in [-0.1, -0.05) is 0 Å². The summed E-state index contributed by atoms with van der Waals surface area (Å²) in [6.45, 7) is 3.55. The maximum absolute atomic E-state index is 10.8. The van der Waals surface area contributed by atoms with Crippen molar-refractivity contribution in [1.82, 2.24) is 14.9 Å². The zero-order valence-electron chi connectivity index (χ0n) is 10.4. The van der Waals surface area contributed by atoms with Gasteiger partial charge in [-0.25, -0.2) is 4.98 Å². The highest BCUT2D eigenvalue weighted by Gasteiger charge is 2.17. The standard InChI is InChI=1S/C10H16N6O2S/c11-10-13-7-8(16(17)18)9(14-10)12-1-2-15-3-5-19-6-4-15/h7H,1-6H2,(H3,11,12,13,14). The lowest BCUT2D eigenvalue weighted by Crippen LogP contribution is -2.36. The van der Waals surface area contributed by atoms with E-state index in [1.54, 1.807) is 0 Å². The van der Waals surface area contributed by atoms with Gasteiger partial charge >= 0.3 is 5.69 Å². The number of nitrogens with one attached hydrogen (secondary N) is 1. The third-order valence-electron chi connectivity index (χ3n) is 2.81. The van der Waals surface area contributed by atoms with Gasteiger partial charge in [0, 0.05) is 37.7 Å². The molecule has 0 saturated carbocycles. The summed E-state index contributed by atoms with van der Waals surface area (Å²) in [7, 11) is 0. The molecule has 1 saturated heterocycles. The van der Waals surface area contributed by atoms with E-state index in [4.69, 9.17) is 5.73 Å². The quantitative estimate of drug-likeness (QED) is 0.591. The van der Waals surface area contributed by atoms with Gasteiger partial charge in [0.25, 0.3) is 0 Å². The lowest BCUT2D eigenvalue weighted by molar-refractivity contribution is -0.384. The largest absolute Gasteiger partial charge is 0.368 e. The molecule has 0 aromatic carbocycles. The molecular formula is C10H16N6O2S. The van der Waals surface area contributed by atoms with E-state index in [1.807, 2.05) is 11.8 Å². The summed E-state index contributed by atoms with van der Waals surface area (Å²) in [5.41, 5.74) is 5.29. The Morgan fingerprint density at radius 2 is 2.26 bits per heavy atom. The van der Waals surface area contributed by atoms with Gasteiger partial charge in [0.05, 0.1) is 4.92 Å². The Hall–Kier alpha value is -1.61. The first-order valence-electron chi connectivity index (χ1n) is 5.97. The maximum atomic E-state index is 10.8. The summed E-state index contributed by atoms with van der Waals surface area (Å²) >= 11 is 1.95. The normalized spacial score (nSPS) is 16.2. The van der Waals surface area contributed by atoms with E-state index in [9.17, 15) is 10.1 Å². The molecule has 0 radical (unpaired) electrons. The number of hydrogen-bond acceptors (Lipinski definition) is 8. The van der Waals surface area contributed by atoms with Gasteiger partial charge in [0.15, 0.2) is 0 Å². The van der Waals surface area contributed by atoms with Crippen LogP contribution in [0.5, 0.6) is 0 Å². The molecule has 0 atom stereocenters. The summed E-state index contributed by atoms with van der Waals surface area (Å²) in [6, 6.07) is 0. The summed E-state index contributed by atoms with van der Waals surface area (Å²) in [6.07, 6.45) is 1.13. The maximum Gasteiger partial charge on any atom is 0.329 e. The average Bonchev–Trinajstić information content (AvgIpc) is 2.39. The fourth-order valence-corrected chi connectivity index (χ4v) is 2.79. The van der Waals surface area contributed by atoms with Crippen LogP contribution in [0, 0.1) is 10.1 Å². The number of nitrogens with zero attached hydrogens (tertiary/aromatic N) is 4. The number of nitrogens with two attached hydrogens (primary N) is 1. The second-order valence-corrected chi connectivity index (χ2v) is 5.32. The fraction of sp³-hybridized carbons (Fsp3) is 0.600. The molecule has 0 unspecified atom stereocenters. The van der Waals surface area contributed by atoms with E-state index in [0.717, 1.165) is 37.3 Å². The second-order valence-electron chi connectivity index (χ2n) is 4.10. The van der Waals surface area contributed by atoms with Gasteiger partial charge < -0.3 is 11.1 Å². The average molecular weight is 284 g/mol. The predicted molar refractivity (Wildman–Crippen MR) is 75.4 cm³/mol. The lowest BCUT2D eigenvalue weighted by atomic mass is 10.4. The highest BCUT2D eigenvalue weighted by Crippen LogP contribution is 2.20. The molecule has 0 aliphatic carbocycles. The van der Waals surface area contributed by atoms with Gasteiger partial charge in [-0.15, -0.1) is 0 Å². The van der Waals surface area contributed by atoms with Crippen molar-refractivity contribution in [3.8, 4) is 0 Å². The number of nitrogen functional groups attached to an aromatic ring is 1. The number of aromatic nitrogens is 2. The molecule has 104 valence electrons. The zero-order valence-corrected chi connectivity index (χ0v) is 11.2. The number of rotatable bonds is 5. The molecular weight excluding hydrogens is 268 g/mol. The molecule has 1 fully saturated rings. The van der Waals surface area contributed by atoms with E-state index >= 15 is 0 Å². The van der Waals surface area contributed by atoms with Crippen molar-refractivity contribution >= 4 is 29.2 Å². The molecule has 0 amide bonds. The Morgan fingerprint density at radius 3 is 2.95 bits per heavy atom. The minimum atomic E-state index is -0.515. The predicted octanol–water partition coefficient (Wildman–Crippen LogP) is 0.428. The van der Waals surface area contributed by atoms with E-state index < -0.39 is 4.92 Å². The fourth-order valence-electron chi connectivity index (χ4n) is 1.81. The Labute approximate surface area is 114 Å². The van der Waals surface area contributed by atoms with Crippen LogP contribution in [0.25, 0.3) is 0 Å². The SMILES string of the molecule is Nc1ncc([N+](=O)[O-])c(NCCN2CCSCC2)n1. The van der Waals surface area contributed by atoms with E-state index in [1.165, 1.54) is 0 Å². The molecule has 1 aliphatic heterocycles. The summed E-state index contributed by atoms with van der Waals surface area (Å²) in [4.78, 5) is 20.1. The van der Waals surface area contributed by atoms with E-state index in [-0.39, 0.29) is 17.5 Å². The topological polar surface area (TPSA) is 110 Å². The van der Waals surface area contributed by atoms with Crippen LogP contribution >= 0.6 is 11.8 Å². The smallest absolute Gasteiger partial charge is 0.329 e. The Balaban J connectivity index is 1.91. The van der Waals surface area contributed by atoms with Crippen molar-refractivity contribution in [2.75, 3.05) is 48.7 Å². The molecule has 9 heteroatoms. The van der Waals surface area contributed by atoms with Crippen molar-refractivity contribution in [2.24, 2.45) is 0 Å². The Kier molecular flexibility index (Phi) is 4.74. The third kappa shape index (κ3) is 3.93. The Bertz CT molecular complexity index is 452. The molecule has 1 aromatic rings. The zero-order chi connectivity index (χ0) is 13.7. The van der Waals surface area contributed by atoms with Crippen molar-refractivity contribution in [2.45, 2.75) is 0 Å². The molecule has 1 aliphatic rings. The highest BCUT2D eigenvalue weighted by atomic mass is 32.2. The van der Waals surface area contributed by atoms with Crippen LogP contribution in [0.1, 0.15) is 0 Å². The molecule has 1 aromatic heterocycles. The molecule has 2 rings (SSSR count). The minimum absolute atomic E-state index is 0.0301. The Morgan fingerprint density at radius 1 is 1.53 bits per heavy atom. The summed E-state index contributed by atoms with van der Waals surface area (Å²) in [5, 5.41) is 13.8. The monoisotopic (exact) mass is 284 g/mol. The molecule has 0 spiro atoms. The number of hydrogen-bond donors (Lipinski definition) is 2. The van der Waals surface area contributed by atoms with Crippen molar-refractivity contribution in [3.05, 3.63) is 16.3 Å². The summed E-state index contributed by atoms with van der Waals surface area (Å²) < 4.78 is 0. The van der Waals surface area contributed by atoms with Crippen LogP contribution in [-0.4, -0.2) is 57.5 Å². The first kappa shape index (κ1) is 13.8. The first-order chi connectivity index (χ1) is 9.16. The number of nitro groups is 1. The van der Waals surface area contributed by atoms with Gasteiger partial charge in [-0.05, 0) is 0 Å². The molecule has 3 N–H and O–H groups in total. The van der Waals surface area contributed by atoms with E-state index in [0.29, 0.717) is 6.54 Å². The molecule has 0 bridgehead atoms. The van der Waals surface area contributed by atoms with E-state index in [2.05, 4.69) is 20.2 Å².